The zero-order chi connectivity index (χ0) is 15.4. The molecule has 5 heteroatoms. The van der Waals surface area contributed by atoms with Crippen LogP contribution in [-0.4, -0.2) is 26.2 Å². The van der Waals surface area contributed by atoms with Gasteiger partial charge in [0.05, 0.1) is 5.25 Å². The van der Waals surface area contributed by atoms with E-state index in [4.69, 9.17) is 0 Å². The predicted molar refractivity (Wildman–Crippen MR) is 87.9 cm³/mol. The van der Waals surface area contributed by atoms with Crippen molar-refractivity contribution in [3.05, 3.63) is 66.2 Å². The van der Waals surface area contributed by atoms with Crippen molar-refractivity contribution in [3.63, 3.8) is 0 Å². The first-order valence-electron chi connectivity index (χ1n) is 6.98. The summed E-state index contributed by atoms with van der Waals surface area (Å²) in [5.41, 5.74) is 1.69. The van der Waals surface area contributed by atoms with Gasteiger partial charge < -0.3 is 0 Å². The van der Waals surface area contributed by atoms with Gasteiger partial charge in [-0.05, 0) is 6.92 Å². The van der Waals surface area contributed by atoms with Gasteiger partial charge in [-0.15, -0.1) is 5.10 Å². The molecule has 1 aromatic heterocycles. The lowest BCUT2D eigenvalue weighted by molar-refractivity contribution is 0.0994. The van der Waals surface area contributed by atoms with Gasteiger partial charge in [-0.25, -0.2) is 4.98 Å². The second-order valence-corrected chi connectivity index (χ2v) is 6.13. The van der Waals surface area contributed by atoms with Gasteiger partial charge in [0.2, 0.25) is 5.16 Å². The van der Waals surface area contributed by atoms with Crippen molar-refractivity contribution < 1.29 is 4.79 Å². The van der Waals surface area contributed by atoms with E-state index in [1.54, 1.807) is 0 Å². The van der Waals surface area contributed by atoms with Gasteiger partial charge in [-0.3, -0.25) is 9.89 Å². The summed E-state index contributed by atoms with van der Waals surface area (Å²) in [5, 5.41) is 7.44. The van der Waals surface area contributed by atoms with Crippen LogP contribution >= 0.6 is 11.8 Å². The number of hydrogen-bond acceptors (Lipinski definition) is 4. The molecule has 0 saturated heterocycles. The lowest BCUT2D eigenvalue weighted by atomic mass is 10.1. The highest BCUT2D eigenvalue weighted by Crippen LogP contribution is 2.24. The third kappa shape index (κ3) is 3.26. The van der Waals surface area contributed by atoms with Gasteiger partial charge in [-0.1, -0.05) is 72.4 Å². The number of Topliss-reactive ketones (excluding diaryl/α,β-unsaturated/α-hetero) is 1. The summed E-state index contributed by atoms with van der Waals surface area (Å²) < 4.78 is 0. The average molecular weight is 309 g/mol. The molecule has 0 aliphatic rings. The Hall–Kier alpha value is -2.40. The summed E-state index contributed by atoms with van der Waals surface area (Å²) in [6.45, 7) is 1.87. The van der Waals surface area contributed by atoms with Gasteiger partial charge in [0, 0.05) is 11.1 Å². The quantitative estimate of drug-likeness (QED) is 0.575. The minimum absolute atomic E-state index is 0.0802. The van der Waals surface area contributed by atoms with Crippen molar-refractivity contribution in [3.8, 4) is 11.4 Å². The molecule has 1 atom stereocenters. The van der Waals surface area contributed by atoms with Crippen molar-refractivity contribution in [1.29, 1.82) is 0 Å². The molecular formula is C17H15N3OS. The van der Waals surface area contributed by atoms with Crippen LogP contribution < -0.4 is 0 Å². The Morgan fingerprint density at radius 3 is 2.36 bits per heavy atom. The zero-order valence-electron chi connectivity index (χ0n) is 12.1. The monoisotopic (exact) mass is 309 g/mol. The van der Waals surface area contributed by atoms with Crippen LogP contribution in [0.4, 0.5) is 0 Å². The zero-order valence-corrected chi connectivity index (χ0v) is 12.9. The number of aromatic nitrogens is 3. The van der Waals surface area contributed by atoms with E-state index in [9.17, 15) is 4.79 Å². The van der Waals surface area contributed by atoms with Crippen molar-refractivity contribution in [2.75, 3.05) is 0 Å². The van der Waals surface area contributed by atoms with E-state index in [-0.39, 0.29) is 11.0 Å². The fourth-order valence-electron chi connectivity index (χ4n) is 2.07. The largest absolute Gasteiger partial charge is 0.293 e. The number of rotatable bonds is 5. The number of nitrogens with one attached hydrogen (secondary N) is 1. The van der Waals surface area contributed by atoms with Crippen LogP contribution in [0, 0.1) is 0 Å². The lowest BCUT2D eigenvalue weighted by Gasteiger charge is -2.07. The van der Waals surface area contributed by atoms with Gasteiger partial charge >= 0.3 is 0 Å². The molecular weight excluding hydrogens is 294 g/mol. The maximum atomic E-state index is 12.3. The number of thioether (sulfide) groups is 1. The molecule has 4 nitrogen and oxygen atoms in total. The summed E-state index contributed by atoms with van der Waals surface area (Å²) >= 11 is 1.36. The molecule has 2 aromatic carbocycles. The standard InChI is InChI=1S/C17H15N3OS/c1-12(15(21)13-8-4-2-5-9-13)22-17-18-16(19-20-17)14-10-6-3-7-11-14/h2-12H,1H3,(H,18,19,20). The highest BCUT2D eigenvalue weighted by molar-refractivity contribution is 8.00. The number of ketones is 1. The normalized spacial score (nSPS) is 12.0. The minimum atomic E-state index is -0.234. The SMILES string of the molecule is CC(Sc1n[nH]c(-c2ccccc2)n1)C(=O)c1ccccc1. The third-order valence-corrected chi connectivity index (χ3v) is 4.18. The molecule has 22 heavy (non-hydrogen) atoms. The lowest BCUT2D eigenvalue weighted by Crippen LogP contribution is -2.13. The Kier molecular flexibility index (Phi) is 4.34. The first kappa shape index (κ1) is 14.5. The molecule has 0 saturated carbocycles. The fraction of sp³-hybridized carbons (Fsp3) is 0.118. The molecule has 1 unspecified atom stereocenters. The number of nitrogens with zero attached hydrogens (tertiary/aromatic N) is 2. The van der Waals surface area contributed by atoms with E-state index in [1.807, 2.05) is 67.6 Å². The maximum absolute atomic E-state index is 12.3. The Morgan fingerprint density at radius 2 is 1.68 bits per heavy atom. The summed E-state index contributed by atoms with van der Waals surface area (Å²) in [5.74, 6) is 0.791. The summed E-state index contributed by atoms with van der Waals surface area (Å²) in [6, 6.07) is 19.1. The number of carbonyl (C=O) groups excluding carboxylic acids is 1. The van der Waals surface area contributed by atoms with Crippen LogP contribution in [0.1, 0.15) is 17.3 Å². The van der Waals surface area contributed by atoms with Gasteiger partial charge in [-0.2, -0.15) is 0 Å². The van der Waals surface area contributed by atoms with Gasteiger partial charge in [0.15, 0.2) is 11.6 Å². The third-order valence-electron chi connectivity index (χ3n) is 3.22. The highest BCUT2D eigenvalue weighted by Gasteiger charge is 2.18. The van der Waals surface area contributed by atoms with Crippen LogP contribution in [0.15, 0.2) is 65.8 Å². The Bertz CT molecular complexity index is 756. The van der Waals surface area contributed by atoms with Crippen molar-refractivity contribution in [2.45, 2.75) is 17.3 Å². The second-order valence-electron chi connectivity index (χ2n) is 4.82. The van der Waals surface area contributed by atoms with Crippen LogP contribution in [0.25, 0.3) is 11.4 Å². The Labute approximate surface area is 133 Å². The van der Waals surface area contributed by atoms with E-state index < -0.39 is 0 Å². The molecule has 0 amide bonds. The van der Waals surface area contributed by atoms with Crippen LogP contribution in [0.2, 0.25) is 0 Å². The summed E-state index contributed by atoms with van der Waals surface area (Å²) in [4.78, 5) is 16.8. The molecule has 0 radical (unpaired) electrons. The second kappa shape index (κ2) is 6.58. The first-order valence-corrected chi connectivity index (χ1v) is 7.86. The van der Waals surface area contributed by atoms with E-state index >= 15 is 0 Å². The Morgan fingerprint density at radius 1 is 1.05 bits per heavy atom. The van der Waals surface area contributed by atoms with E-state index in [2.05, 4.69) is 15.2 Å². The Balaban J connectivity index is 1.71. The predicted octanol–water partition coefficient (Wildman–Crippen LogP) is 3.84. The molecule has 3 rings (SSSR count). The van der Waals surface area contributed by atoms with E-state index in [1.165, 1.54) is 11.8 Å². The van der Waals surface area contributed by atoms with Crippen molar-refractivity contribution in [1.82, 2.24) is 15.2 Å². The highest BCUT2D eigenvalue weighted by atomic mass is 32.2. The maximum Gasteiger partial charge on any atom is 0.209 e. The summed E-state index contributed by atoms with van der Waals surface area (Å²) in [6.07, 6.45) is 0. The van der Waals surface area contributed by atoms with Crippen LogP contribution in [-0.2, 0) is 0 Å². The first-order chi connectivity index (χ1) is 10.7. The molecule has 0 aliphatic carbocycles. The fourth-order valence-corrected chi connectivity index (χ4v) is 2.87. The van der Waals surface area contributed by atoms with E-state index in [0.29, 0.717) is 16.5 Å². The van der Waals surface area contributed by atoms with Crippen molar-refractivity contribution >= 4 is 17.5 Å². The van der Waals surface area contributed by atoms with Gasteiger partial charge in [0.25, 0.3) is 0 Å². The molecule has 1 N–H and O–H groups in total. The molecule has 110 valence electrons. The average Bonchev–Trinajstić information content (AvgIpc) is 3.04. The van der Waals surface area contributed by atoms with Crippen LogP contribution in [0.3, 0.4) is 0 Å². The van der Waals surface area contributed by atoms with E-state index in [0.717, 1.165) is 5.56 Å². The number of hydrogen-bond donors (Lipinski definition) is 1. The number of aromatic amines is 1. The van der Waals surface area contributed by atoms with Gasteiger partial charge in [0.1, 0.15) is 0 Å². The molecule has 3 aromatic rings. The molecule has 0 spiro atoms. The topological polar surface area (TPSA) is 58.6 Å². The molecule has 1 heterocycles. The minimum Gasteiger partial charge on any atom is -0.293 e. The number of carbonyl (C=O) groups is 1. The molecule has 0 fully saturated rings. The van der Waals surface area contributed by atoms with Crippen LogP contribution in [0.5, 0.6) is 0 Å². The molecule has 0 aliphatic heterocycles. The van der Waals surface area contributed by atoms with Crippen molar-refractivity contribution in [2.24, 2.45) is 0 Å². The smallest absolute Gasteiger partial charge is 0.209 e. The molecule has 0 bridgehead atoms. The number of H-pyrrole nitrogens is 1. The summed E-state index contributed by atoms with van der Waals surface area (Å²) in [7, 11) is 0. The number of benzene rings is 2.